The number of halogens is 1. The van der Waals surface area contributed by atoms with Crippen molar-refractivity contribution in [1.82, 2.24) is 5.32 Å². The molecule has 2 amide bonds. The zero-order valence-electron chi connectivity index (χ0n) is 15.3. The molecule has 1 heterocycles. The third-order valence-electron chi connectivity index (χ3n) is 4.55. The molecule has 6 heteroatoms. The van der Waals surface area contributed by atoms with Crippen molar-refractivity contribution in [3.8, 4) is 5.75 Å². The van der Waals surface area contributed by atoms with E-state index in [2.05, 4.69) is 5.32 Å². The van der Waals surface area contributed by atoms with Gasteiger partial charge in [-0.05, 0) is 43.2 Å². The van der Waals surface area contributed by atoms with Gasteiger partial charge < -0.3 is 15.0 Å². The van der Waals surface area contributed by atoms with Crippen LogP contribution < -0.4 is 15.0 Å². The van der Waals surface area contributed by atoms with Crippen molar-refractivity contribution < 1.29 is 14.3 Å². The average molecular weight is 387 g/mol. The second kappa shape index (κ2) is 8.91. The fraction of sp³-hybridized carbons (Fsp3) is 0.333. The van der Waals surface area contributed by atoms with Crippen LogP contribution in [0.25, 0.3) is 0 Å². The first kappa shape index (κ1) is 19.2. The Kier molecular flexibility index (Phi) is 6.35. The fourth-order valence-corrected chi connectivity index (χ4v) is 3.45. The number of carbonyl (C=O) groups excluding carboxylic acids is 2. The highest BCUT2D eigenvalue weighted by molar-refractivity contribution is 6.30. The van der Waals surface area contributed by atoms with Crippen LogP contribution in [0.15, 0.2) is 48.5 Å². The molecule has 1 N–H and O–H groups in total. The standard InChI is InChI=1S/C21H23ClN2O3/c1-2-27-19-9-4-3-8-18(19)24-14-16(13-20(24)25)21(26)23-11-10-15-6-5-7-17(22)12-15/h3-9,12,16H,2,10-11,13-14H2,1H3,(H,23,26). The summed E-state index contributed by atoms with van der Waals surface area (Å²) in [5.74, 6) is 0.154. The van der Waals surface area contributed by atoms with Crippen molar-refractivity contribution in [2.24, 2.45) is 5.92 Å². The van der Waals surface area contributed by atoms with E-state index < -0.39 is 0 Å². The SMILES string of the molecule is CCOc1ccccc1N1CC(C(=O)NCCc2cccc(Cl)c2)CC1=O. The molecule has 2 aromatic carbocycles. The highest BCUT2D eigenvalue weighted by Gasteiger charge is 2.36. The predicted molar refractivity (Wildman–Crippen MR) is 106 cm³/mol. The summed E-state index contributed by atoms with van der Waals surface area (Å²) >= 11 is 5.97. The van der Waals surface area contributed by atoms with Gasteiger partial charge in [0.1, 0.15) is 5.75 Å². The molecule has 27 heavy (non-hydrogen) atoms. The molecule has 0 saturated carbocycles. The summed E-state index contributed by atoms with van der Waals surface area (Å²) in [6.45, 7) is 3.30. The van der Waals surface area contributed by atoms with E-state index in [0.29, 0.717) is 36.9 Å². The van der Waals surface area contributed by atoms with Crippen LogP contribution in [-0.4, -0.2) is 31.5 Å². The minimum atomic E-state index is -0.355. The predicted octanol–water partition coefficient (Wildman–Crippen LogP) is 3.45. The molecule has 0 spiro atoms. The summed E-state index contributed by atoms with van der Waals surface area (Å²) in [6, 6.07) is 15.0. The van der Waals surface area contributed by atoms with Crippen LogP contribution in [0.4, 0.5) is 5.69 Å². The quantitative estimate of drug-likeness (QED) is 0.792. The summed E-state index contributed by atoms with van der Waals surface area (Å²) in [7, 11) is 0. The molecule has 1 saturated heterocycles. The number of hydrogen-bond donors (Lipinski definition) is 1. The van der Waals surface area contributed by atoms with Crippen LogP contribution >= 0.6 is 11.6 Å². The Morgan fingerprint density at radius 3 is 2.85 bits per heavy atom. The van der Waals surface area contributed by atoms with Gasteiger partial charge in [-0.25, -0.2) is 0 Å². The number of amides is 2. The summed E-state index contributed by atoms with van der Waals surface area (Å²) in [6.07, 6.45) is 0.910. The van der Waals surface area contributed by atoms with Gasteiger partial charge in [0.05, 0.1) is 18.2 Å². The smallest absolute Gasteiger partial charge is 0.227 e. The van der Waals surface area contributed by atoms with Crippen molar-refractivity contribution >= 4 is 29.1 Å². The molecule has 3 rings (SSSR count). The second-order valence-electron chi connectivity index (χ2n) is 6.48. The summed E-state index contributed by atoms with van der Waals surface area (Å²) in [5.41, 5.74) is 1.79. The lowest BCUT2D eigenvalue weighted by Crippen LogP contribution is -2.34. The number of para-hydroxylation sites is 2. The van der Waals surface area contributed by atoms with Crippen molar-refractivity contribution in [3.05, 3.63) is 59.1 Å². The monoisotopic (exact) mass is 386 g/mol. The maximum Gasteiger partial charge on any atom is 0.227 e. The van der Waals surface area contributed by atoms with Gasteiger partial charge in [-0.3, -0.25) is 9.59 Å². The largest absolute Gasteiger partial charge is 0.492 e. The van der Waals surface area contributed by atoms with Crippen molar-refractivity contribution in [2.45, 2.75) is 19.8 Å². The minimum absolute atomic E-state index is 0.0582. The molecule has 0 aliphatic carbocycles. The Balaban J connectivity index is 1.57. The maximum absolute atomic E-state index is 12.5. The number of anilines is 1. The Bertz CT molecular complexity index is 825. The Morgan fingerprint density at radius 2 is 2.07 bits per heavy atom. The van der Waals surface area contributed by atoms with E-state index in [9.17, 15) is 9.59 Å². The van der Waals surface area contributed by atoms with E-state index in [1.807, 2.05) is 55.5 Å². The molecule has 1 unspecified atom stereocenters. The maximum atomic E-state index is 12.5. The van der Waals surface area contributed by atoms with Gasteiger partial charge in [0, 0.05) is 24.5 Å². The van der Waals surface area contributed by atoms with E-state index >= 15 is 0 Å². The molecule has 0 aromatic heterocycles. The first-order valence-electron chi connectivity index (χ1n) is 9.13. The lowest BCUT2D eigenvalue weighted by atomic mass is 10.1. The zero-order valence-corrected chi connectivity index (χ0v) is 16.0. The number of ether oxygens (including phenoxy) is 1. The molecule has 1 aliphatic rings. The van der Waals surface area contributed by atoms with E-state index in [-0.39, 0.29) is 24.2 Å². The average Bonchev–Trinajstić information content (AvgIpc) is 3.04. The second-order valence-corrected chi connectivity index (χ2v) is 6.91. The van der Waals surface area contributed by atoms with Gasteiger partial charge in [0.15, 0.2) is 0 Å². The van der Waals surface area contributed by atoms with Crippen LogP contribution in [0.2, 0.25) is 5.02 Å². The van der Waals surface area contributed by atoms with Crippen molar-refractivity contribution in [3.63, 3.8) is 0 Å². The third-order valence-corrected chi connectivity index (χ3v) is 4.79. The lowest BCUT2D eigenvalue weighted by Gasteiger charge is -2.20. The summed E-state index contributed by atoms with van der Waals surface area (Å²) in [4.78, 5) is 26.6. The third kappa shape index (κ3) is 4.80. The van der Waals surface area contributed by atoms with E-state index in [4.69, 9.17) is 16.3 Å². The number of nitrogens with zero attached hydrogens (tertiary/aromatic N) is 1. The Morgan fingerprint density at radius 1 is 1.26 bits per heavy atom. The fourth-order valence-electron chi connectivity index (χ4n) is 3.24. The highest BCUT2D eigenvalue weighted by Crippen LogP contribution is 2.33. The van der Waals surface area contributed by atoms with Crippen molar-refractivity contribution in [1.29, 1.82) is 0 Å². The van der Waals surface area contributed by atoms with E-state index in [0.717, 1.165) is 11.3 Å². The van der Waals surface area contributed by atoms with Gasteiger partial charge in [-0.15, -0.1) is 0 Å². The molecule has 1 aliphatic heterocycles. The van der Waals surface area contributed by atoms with Crippen LogP contribution in [0.5, 0.6) is 5.75 Å². The molecule has 0 bridgehead atoms. The van der Waals surface area contributed by atoms with E-state index in [1.54, 1.807) is 4.90 Å². The minimum Gasteiger partial charge on any atom is -0.492 e. The van der Waals surface area contributed by atoms with Gasteiger partial charge in [-0.1, -0.05) is 35.9 Å². The van der Waals surface area contributed by atoms with Crippen LogP contribution in [0.1, 0.15) is 18.9 Å². The van der Waals surface area contributed by atoms with Crippen molar-refractivity contribution in [2.75, 3.05) is 24.6 Å². The molecule has 1 atom stereocenters. The first-order chi connectivity index (χ1) is 13.1. The van der Waals surface area contributed by atoms with E-state index in [1.165, 1.54) is 0 Å². The Labute approximate surface area is 164 Å². The summed E-state index contributed by atoms with van der Waals surface area (Å²) < 4.78 is 5.61. The van der Waals surface area contributed by atoms with Gasteiger partial charge in [0.25, 0.3) is 0 Å². The van der Waals surface area contributed by atoms with Gasteiger partial charge >= 0.3 is 0 Å². The molecular formula is C21H23ClN2O3. The first-order valence-corrected chi connectivity index (χ1v) is 9.50. The molecule has 2 aromatic rings. The van der Waals surface area contributed by atoms with Gasteiger partial charge in [0.2, 0.25) is 11.8 Å². The molecular weight excluding hydrogens is 364 g/mol. The molecule has 0 radical (unpaired) electrons. The van der Waals surface area contributed by atoms with Crippen LogP contribution in [0.3, 0.4) is 0 Å². The molecule has 1 fully saturated rings. The van der Waals surface area contributed by atoms with Crippen LogP contribution in [-0.2, 0) is 16.0 Å². The number of nitrogens with one attached hydrogen (secondary N) is 1. The number of hydrogen-bond acceptors (Lipinski definition) is 3. The normalized spacial score (nSPS) is 16.4. The van der Waals surface area contributed by atoms with Gasteiger partial charge in [-0.2, -0.15) is 0 Å². The van der Waals surface area contributed by atoms with Crippen LogP contribution in [0, 0.1) is 5.92 Å². The number of benzene rings is 2. The molecule has 142 valence electrons. The summed E-state index contributed by atoms with van der Waals surface area (Å²) in [5, 5.41) is 3.62. The lowest BCUT2D eigenvalue weighted by molar-refractivity contribution is -0.126. The Hall–Kier alpha value is -2.53. The number of carbonyl (C=O) groups is 2. The molecule has 5 nitrogen and oxygen atoms in total. The number of rotatable bonds is 7. The zero-order chi connectivity index (χ0) is 19.2. The highest BCUT2D eigenvalue weighted by atomic mass is 35.5. The topological polar surface area (TPSA) is 58.6 Å².